The number of hydrogen-bond acceptors (Lipinski definition) is 9. The number of ether oxygens (including phenoxy) is 3. The Morgan fingerprint density at radius 3 is 2.63 bits per heavy atom. The van der Waals surface area contributed by atoms with Crippen molar-refractivity contribution in [1.29, 1.82) is 0 Å². The van der Waals surface area contributed by atoms with E-state index in [0.717, 1.165) is 25.7 Å². The molecule has 3 aromatic rings. The van der Waals surface area contributed by atoms with Crippen LogP contribution in [-0.4, -0.2) is 54.6 Å². The monoisotopic (exact) mass is 588 g/mol. The van der Waals surface area contributed by atoms with Gasteiger partial charge >= 0.3 is 5.97 Å². The lowest BCUT2D eigenvalue weighted by molar-refractivity contribution is -0.146. The molecule has 0 bridgehead atoms. The van der Waals surface area contributed by atoms with Gasteiger partial charge in [-0.3, -0.25) is 19.2 Å². The van der Waals surface area contributed by atoms with Crippen LogP contribution in [0.3, 0.4) is 0 Å². The van der Waals surface area contributed by atoms with Gasteiger partial charge in [0, 0.05) is 32.2 Å². The third-order valence-corrected chi connectivity index (χ3v) is 7.90. The van der Waals surface area contributed by atoms with Crippen molar-refractivity contribution in [2.24, 2.45) is 11.8 Å². The largest absolute Gasteiger partial charge is 0.494 e. The second-order valence-corrected chi connectivity index (χ2v) is 10.9. The average Bonchev–Trinajstić information content (AvgIpc) is 3.38. The summed E-state index contributed by atoms with van der Waals surface area (Å²) in [5.74, 6) is -1.10. The van der Waals surface area contributed by atoms with Gasteiger partial charge in [0.25, 0.3) is 17.4 Å². The van der Waals surface area contributed by atoms with Gasteiger partial charge in [0.2, 0.25) is 5.82 Å². The second-order valence-electron chi connectivity index (χ2n) is 9.99. The van der Waals surface area contributed by atoms with Crippen molar-refractivity contribution in [3.8, 4) is 5.75 Å². The molecule has 11 nitrogen and oxygen atoms in total. The Bertz CT molecular complexity index is 1450. The van der Waals surface area contributed by atoms with Crippen molar-refractivity contribution < 1.29 is 33.0 Å². The third-order valence-electron chi connectivity index (χ3n) is 6.98. The minimum absolute atomic E-state index is 0.0743. The Labute approximate surface area is 239 Å². The van der Waals surface area contributed by atoms with Gasteiger partial charge in [0.05, 0.1) is 19.1 Å². The smallest absolute Gasteiger partial charge is 0.303 e. The van der Waals surface area contributed by atoms with E-state index in [1.165, 1.54) is 43.6 Å². The van der Waals surface area contributed by atoms with Gasteiger partial charge < -0.3 is 29.8 Å². The van der Waals surface area contributed by atoms with Gasteiger partial charge in [0.15, 0.2) is 18.2 Å². The van der Waals surface area contributed by atoms with Crippen LogP contribution in [-0.2, 0) is 32.2 Å². The Morgan fingerprint density at radius 2 is 1.90 bits per heavy atom. The highest BCUT2D eigenvalue weighted by molar-refractivity contribution is 7.16. The van der Waals surface area contributed by atoms with Crippen molar-refractivity contribution in [3.63, 3.8) is 0 Å². The number of amides is 2. The van der Waals surface area contributed by atoms with Crippen molar-refractivity contribution in [1.82, 2.24) is 20.6 Å². The van der Waals surface area contributed by atoms with Crippen LogP contribution < -0.4 is 20.9 Å². The van der Waals surface area contributed by atoms with Crippen LogP contribution in [0.1, 0.15) is 54.4 Å². The number of esters is 1. The summed E-state index contributed by atoms with van der Waals surface area (Å²) < 4.78 is 29.2. The summed E-state index contributed by atoms with van der Waals surface area (Å²) in [6.45, 7) is 2.49. The molecule has 0 radical (unpaired) electrons. The fraction of sp³-hybridized carbons (Fsp3) is 0.464. The predicted octanol–water partition coefficient (Wildman–Crippen LogP) is 3.06. The van der Waals surface area contributed by atoms with E-state index in [-0.39, 0.29) is 37.2 Å². The number of thiophene rings is 1. The molecule has 0 saturated heterocycles. The van der Waals surface area contributed by atoms with Gasteiger partial charge in [-0.2, -0.15) is 0 Å². The number of fused-ring (bicyclic) bond motifs is 1. The first-order chi connectivity index (χ1) is 19.7. The number of halogens is 1. The Hall–Kier alpha value is -3.84. The van der Waals surface area contributed by atoms with Gasteiger partial charge in [0.1, 0.15) is 4.83 Å². The van der Waals surface area contributed by atoms with Crippen LogP contribution in [0, 0.1) is 17.7 Å². The van der Waals surface area contributed by atoms with Crippen LogP contribution in [0.4, 0.5) is 4.39 Å². The molecule has 2 heterocycles. The van der Waals surface area contributed by atoms with Crippen LogP contribution in [0.5, 0.6) is 5.75 Å². The summed E-state index contributed by atoms with van der Waals surface area (Å²) in [6.07, 6.45) is 3.87. The highest BCUT2D eigenvalue weighted by Crippen LogP contribution is 2.29. The van der Waals surface area contributed by atoms with Crippen molar-refractivity contribution in [2.45, 2.75) is 45.8 Å². The fourth-order valence-corrected chi connectivity index (χ4v) is 5.64. The zero-order valence-corrected chi connectivity index (χ0v) is 23.7. The summed E-state index contributed by atoms with van der Waals surface area (Å²) in [6, 6.07) is 4.28. The maximum Gasteiger partial charge on any atom is 0.303 e. The molecule has 2 amide bonds. The second kappa shape index (κ2) is 14.2. The molecule has 1 saturated carbocycles. The lowest BCUT2D eigenvalue weighted by Crippen LogP contribution is -2.34. The van der Waals surface area contributed by atoms with Crippen molar-refractivity contribution in [3.05, 3.63) is 56.7 Å². The summed E-state index contributed by atoms with van der Waals surface area (Å²) in [5.41, 5.74) is 0.931. The Balaban J connectivity index is 1.23. The summed E-state index contributed by atoms with van der Waals surface area (Å²) in [5, 5.41) is 7.70. The lowest BCUT2D eigenvalue weighted by atomic mass is 9.82. The number of hydrogen-bond donors (Lipinski definition) is 3. The number of rotatable bonds is 12. The summed E-state index contributed by atoms with van der Waals surface area (Å²) >= 11 is 1.27. The van der Waals surface area contributed by atoms with E-state index in [2.05, 4.69) is 20.6 Å². The van der Waals surface area contributed by atoms with Gasteiger partial charge in [-0.15, -0.1) is 11.3 Å². The minimum Gasteiger partial charge on any atom is -0.494 e. The topological polar surface area (TPSA) is 149 Å². The zero-order valence-electron chi connectivity index (χ0n) is 22.9. The minimum atomic E-state index is -0.557. The first-order valence-electron chi connectivity index (χ1n) is 13.3. The Morgan fingerprint density at radius 1 is 1.15 bits per heavy atom. The molecule has 1 aliphatic rings. The van der Waals surface area contributed by atoms with E-state index in [4.69, 9.17) is 14.2 Å². The quantitative estimate of drug-likeness (QED) is 0.274. The summed E-state index contributed by atoms with van der Waals surface area (Å²) in [7, 11) is 1.36. The van der Waals surface area contributed by atoms with E-state index < -0.39 is 23.3 Å². The summed E-state index contributed by atoms with van der Waals surface area (Å²) in [4.78, 5) is 55.3. The lowest BCUT2D eigenvalue weighted by Gasteiger charge is -2.28. The zero-order chi connectivity index (χ0) is 29.4. The number of carbonyl (C=O) groups is 3. The molecule has 1 aliphatic carbocycles. The number of methoxy groups -OCH3 is 1. The maximum absolute atomic E-state index is 13.6. The molecule has 0 spiro atoms. The van der Waals surface area contributed by atoms with E-state index in [9.17, 15) is 23.6 Å². The molecule has 1 aromatic carbocycles. The molecule has 220 valence electrons. The Kier molecular flexibility index (Phi) is 10.4. The van der Waals surface area contributed by atoms with Crippen molar-refractivity contribution in [2.75, 3.05) is 26.9 Å². The molecule has 1 fully saturated rings. The number of carbonyl (C=O) groups excluding carboxylic acids is 3. The molecule has 0 atom stereocenters. The predicted molar refractivity (Wildman–Crippen MR) is 149 cm³/mol. The SMILES string of the molecule is COc1cc(CNC(=O)c2nc3scc(COCC4CCC(CNC(=O)COC(C)=O)CC4)c3c(=O)[nH]2)ccc1F. The standard InChI is InChI=1S/C28H33FN4O7S/c1-16(34)40-14-23(35)30-10-17-3-5-18(6-4-17)12-39-13-20-15-41-28-24(20)26(36)32-25(33-28)27(37)31-11-19-7-8-21(29)22(9-19)38-2/h7-9,15,17-18H,3-6,10-14H2,1-2H3,(H,30,35)(H,31,37)(H,32,33,36). The number of nitrogens with one attached hydrogen (secondary N) is 3. The molecule has 4 rings (SSSR count). The van der Waals surface area contributed by atoms with E-state index >= 15 is 0 Å². The highest BCUT2D eigenvalue weighted by atomic mass is 32.1. The molecule has 0 aliphatic heterocycles. The number of H-pyrrole nitrogens is 1. The van der Waals surface area contributed by atoms with Gasteiger partial charge in [-0.05, 0) is 60.6 Å². The van der Waals surface area contributed by atoms with Crippen LogP contribution in [0.15, 0.2) is 28.4 Å². The van der Waals surface area contributed by atoms with Gasteiger partial charge in [-0.25, -0.2) is 9.37 Å². The van der Waals surface area contributed by atoms with E-state index in [1.54, 1.807) is 0 Å². The molecule has 0 unspecified atom stereocenters. The molecular weight excluding hydrogens is 555 g/mol. The van der Waals surface area contributed by atoms with Crippen LogP contribution in [0.2, 0.25) is 0 Å². The number of nitrogens with zero attached hydrogens (tertiary/aromatic N) is 1. The molecule has 2 aromatic heterocycles. The molecule has 41 heavy (non-hydrogen) atoms. The number of aromatic amines is 1. The van der Waals surface area contributed by atoms with E-state index in [0.29, 0.717) is 46.3 Å². The molecule has 3 N–H and O–H groups in total. The fourth-order valence-electron chi connectivity index (χ4n) is 4.72. The average molecular weight is 589 g/mol. The van der Waals surface area contributed by atoms with Crippen LogP contribution >= 0.6 is 11.3 Å². The molecule has 13 heteroatoms. The number of benzene rings is 1. The van der Waals surface area contributed by atoms with Gasteiger partial charge in [-0.1, -0.05) is 6.07 Å². The van der Waals surface area contributed by atoms with Crippen LogP contribution in [0.25, 0.3) is 10.2 Å². The third kappa shape index (κ3) is 8.33. The van der Waals surface area contributed by atoms with Crippen molar-refractivity contribution >= 4 is 39.3 Å². The van der Waals surface area contributed by atoms with E-state index in [1.807, 2.05) is 5.38 Å². The normalized spacial score (nSPS) is 16.8. The maximum atomic E-state index is 13.6. The first kappa shape index (κ1) is 30.1. The molecular formula is C28H33FN4O7S. The first-order valence-corrected chi connectivity index (χ1v) is 14.2. The highest BCUT2D eigenvalue weighted by Gasteiger charge is 2.22. The number of aromatic nitrogens is 2.